The molecule has 0 saturated heterocycles. The molecule has 166 valence electrons. The lowest BCUT2D eigenvalue weighted by Gasteiger charge is -2.13. The van der Waals surface area contributed by atoms with Crippen molar-refractivity contribution in [1.29, 1.82) is 0 Å². The van der Waals surface area contributed by atoms with Gasteiger partial charge < -0.3 is 10.1 Å². The van der Waals surface area contributed by atoms with Crippen LogP contribution >= 0.6 is 0 Å². The largest absolute Gasteiger partial charge is 0.462 e. The van der Waals surface area contributed by atoms with Gasteiger partial charge in [-0.25, -0.2) is 13.2 Å². The molecule has 0 aliphatic carbocycles. The van der Waals surface area contributed by atoms with Crippen molar-refractivity contribution in [2.24, 2.45) is 0 Å². The lowest BCUT2D eigenvalue weighted by Crippen LogP contribution is -2.17. The second kappa shape index (κ2) is 9.65. The fourth-order valence-electron chi connectivity index (χ4n) is 3.04. The fourth-order valence-corrected chi connectivity index (χ4v) is 4.37. The van der Waals surface area contributed by atoms with Gasteiger partial charge in [-0.2, -0.15) is 0 Å². The van der Waals surface area contributed by atoms with Crippen LogP contribution in [-0.4, -0.2) is 26.9 Å². The van der Waals surface area contributed by atoms with Crippen LogP contribution in [0.1, 0.15) is 38.8 Å². The van der Waals surface area contributed by atoms with E-state index in [0.717, 1.165) is 5.56 Å². The van der Waals surface area contributed by atoms with Gasteiger partial charge in [0.2, 0.25) is 0 Å². The van der Waals surface area contributed by atoms with Crippen molar-refractivity contribution >= 4 is 33.3 Å². The van der Waals surface area contributed by atoms with Crippen LogP contribution in [0.3, 0.4) is 0 Å². The third-order valence-corrected chi connectivity index (χ3v) is 6.30. The molecule has 8 heteroatoms. The molecule has 0 aliphatic rings. The molecule has 0 radical (unpaired) electrons. The zero-order chi connectivity index (χ0) is 23.3. The van der Waals surface area contributed by atoms with Crippen molar-refractivity contribution in [1.82, 2.24) is 0 Å². The molecule has 0 saturated carbocycles. The predicted octanol–water partition coefficient (Wildman–Crippen LogP) is 4.53. The number of esters is 1. The summed E-state index contributed by atoms with van der Waals surface area (Å²) >= 11 is 0. The molecular formula is C24H24N2O5S. The molecule has 0 fully saturated rings. The van der Waals surface area contributed by atoms with Crippen molar-refractivity contribution in [3.63, 3.8) is 0 Å². The highest BCUT2D eigenvalue weighted by atomic mass is 32.2. The number of aryl methyl sites for hydroxylation is 2. The molecule has 0 unspecified atom stereocenters. The van der Waals surface area contributed by atoms with E-state index in [1.54, 1.807) is 32.0 Å². The molecule has 3 rings (SSSR count). The summed E-state index contributed by atoms with van der Waals surface area (Å²) in [4.78, 5) is 24.5. The highest BCUT2D eigenvalue weighted by Gasteiger charge is 2.20. The monoisotopic (exact) mass is 452 g/mol. The van der Waals surface area contributed by atoms with Gasteiger partial charge in [-0.15, -0.1) is 0 Å². The van der Waals surface area contributed by atoms with E-state index in [0.29, 0.717) is 16.8 Å². The maximum Gasteiger partial charge on any atom is 0.338 e. The number of sulfonamides is 1. The molecule has 32 heavy (non-hydrogen) atoms. The Balaban J connectivity index is 1.82. The molecule has 0 heterocycles. The van der Waals surface area contributed by atoms with Crippen molar-refractivity contribution in [3.8, 4) is 0 Å². The predicted molar refractivity (Wildman–Crippen MR) is 124 cm³/mol. The van der Waals surface area contributed by atoms with E-state index in [1.807, 2.05) is 25.1 Å². The summed E-state index contributed by atoms with van der Waals surface area (Å²) in [5.74, 6) is -0.889. The summed E-state index contributed by atoms with van der Waals surface area (Å²) in [6.07, 6.45) is 0. The Kier molecular flexibility index (Phi) is 6.95. The first-order chi connectivity index (χ1) is 15.2. The van der Waals surface area contributed by atoms with Gasteiger partial charge in [-0.3, -0.25) is 9.52 Å². The average Bonchev–Trinajstić information content (AvgIpc) is 2.76. The fraction of sp³-hybridized carbons (Fsp3) is 0.167. The maximum absolute atomic E-state index is 13.0. The number of ether oxygens (including phenoxy) is 1. The van der Waals surface area contributed by atoms with Gasteiger partial charge in [0.1, 0.15) is 0 Å². The van der Waals surface area contributed by atoms with Gasteiger partial charge in [-0.1, -0.05) is 24.3 Å². The summed E-state index contributed by atoms with van der Waals surface area (Å²) in [6, 6.07) is 17.8. The molecule has 1 amide bonds. The van der Waals surface area contributed by atoms with Crippen molar-refractivity contribution in [3.05, 3.63) is 89.0 Å². The Labute approximate surface area is 187 Å². The van der Waals surface area contributed by atoms with E-state index < -0.39 is 21.9 Å². The SMILES string of the molecule is CCOC(=O)c1ccc(NS(=O)(=O)c2cc(C(=O)Nc3ccccc3C)ccc2C)cc1. The van der Waals surface area contributed by atoms with E-state index >= 15 is 0 Å². The summed E-state index contributed by atoms with van der Waals surface area (Å²) < 4.78 is 33.4. The number of carbonyl (C=O) groups excluding carboxylic acids is 2. The molecule has 7 nitrogen and oxygen atoms in total. The number of nitrogens with one attached hydrogen (secondary N) is 2. The van der Waals surface area contributed by atoms with Gasteiger partial charge in [-0.05, 0) is 74.4 Å². The van der Waals surface area contributed by atoms with Crippen LogP contribution in [0.2, 0.25) is 0 Å². The second-order valence-electron chi connectivity index (χ2n) is 7.15. The first-order valence-corrected chi connectivity index (χ1v) is 11.5. The Morgan fingerprint density at radius 2 is 1.53 bits per heavy atom. The van der Waals surface area contributed by atoms with Crippen molar-refractivity contribution in [2.75, 3.05) is 16.6 Å². The molecule has 0 atom stereocenters. The molecule has 0 aromatic heterocycles. The highest BCUT2D eigenvalue weighted by Crippen LogP contribution is 2.22. The third-order valence-electron chi connectivity index (χ3n) is 4.78. The van der Waals surface area contributed by atoms with Crippen LogP contribution in [0, 0.1) is 13.8 Å². The first-order valence-electron chi connectivity index (χ1n) is 9.99. The first kappa shape index (κ1) is 23.0. The van der Waals surface area contributed by atoms with Crippen LogP contribution in [0.15, 0.2) is 71.6 Å². The van der Waals surface area contributed by atoms with E-state index in [9.17, 15) is 18.0 Å². The number of amides is 1. The topological polar surface area (TPSA) is 102 Å². The zero-order valence-electron chi connectivity index (χ0n) is 18.0. The zero-order valence-corrected chi connectivity index (χ0v) is 18.8. The van der Waals surface area contributed by atoms with E-state index in [1.165, 1.54) is 30.3 Å². The Morgan fingerprint density at radius 3 is 2.19 bits per heavy atom. The minimum absolute atomic E-state index is 0.00981. The lowest BCUT2D eigenvalue weighted by molar-refractivity contribution is 0.0526. The van der Waals surface area contributed by atoms with E-state index in [-0.39, 0.29) is 22.8 Å². The van der Waals surface area contributed by atoms with E-state index in [2.05, 4.69) is 10.0 Å². The molecular weight excluding hydrogens is 428 g/mol. The number of benzene rings is 3. The molecule has 3 aromatic carbocycles. The Hall–Kier alpha value is -3.65. The smallest absolute Gasteiger partial charge is 0.338 e. The van der Waals surface area contributed by atoms with Gasteiger partial charge in [0, 0.05) is 16.9 Å². The lowest BCUT2D eigenvalue weighted by atomic mass is 10.1. The van der Waals surface area contributed by atoms with Crippen LogP contribution in [0.5, 0.6) is 0 Å². The Bertz CT molecular complexity index is 1250. The summed E-state index contributed by atoms with van der Waals surface area (Å²) in [6.45, 7) is 5.48. The normalized spacial score (nSPS) is 11.0. The van der Waals surface area contributed by atoms with Crippen LogP contribution in [-0.2, 0) is 14.8 Å². The van der Waals surface area contributed by atoms with Gasteiger partial charge in [0.15, 0.2) is 0 Å². The van der Waals surface area contributed by atoms with Crippen LogP contribution in [0.25, 0.3) is 0 Å². The number of anilines is 2. The van der Waals surface area contributed by atoms with Gasteiger partial charge in [0.25, 0.3) is 15.9 Å². The third kappa shape index (κ3) is 5.33. The molecule has 2 N–H and O–H groups in total. The number of hydrogen-bond acceptors (Lipinski definition) is 5. The summed E-state index contributed by atoms with van der Waals surface area (Å²) in [5, 5.41) is 2.80. The molecule has 0 aliphatic heterocycles. The van der Waals surface area contributed by atoms with Crippen molar-refractivity contribution < 1.29 is 22.7 Å². The van der Waals surface area contributed by atoms with Crippen LogP contribution < -0.4 is 10.0 Å². The number of carbonyl (C=O) groups is 2. The quantitative estimate of drug-likeness (QED) is 0.513. The average molecular weight is 453 g/mol. The number of para-hydroxylation sites is 1. The maximum atomic E-state index is 13.0. The number of hydrogen-bond donors (Lipinski definition) is 2. The minimum Gasteiger partial charge on any atom is -0.462 e. The second-order valence-corrected chi connectivity index (χ2v) is 8.80. The minimum atomic E-state index is -3.97. The Morgan fingerprint density at radius 1 is 0.875 bits per heavy atom. The van der Waals surface area contributed by atoms with Crippen molar-refractivity contribution in [2.45, 2.75) is 25.7 Å². The molecule has 0 spiro atoms. The standard InChI is InChI=1S/C24H24N2O5S/c1-4-31-24(28)18-11-13-20(14-12-18)26-32(29,30)22-15-19(10-9-17(22)3)23(27)25-21-8-6-5-7-16(21)2/h5-15,26H,4H2,1-3H3,(H,25,27). The van der Waals surface area contributed by atoms with Crippen LogP contribution in [0.4, 0.5) is 11.4 Å². The van der Waals surface area contributed by atoms with E-state index in [4.69, 9.17) is 4.74 Å². The molecule has 0 bridgehead atoms. The molecule has 3 aromatic rings. The van der Waals surface area contributed by atoms with Gasteiger partial charge >= 0.3 is 5.97 Å². The number of rotatable bonds is 7. The highest BCUT2D eigenvalue weighted by molar-refractivity contribution is 7.92. The summed E-state index contributed by atoms with van der Waals surface area (Å²) in [7, 11) is -3.97. The van der Waals surface area contributed by atoms with Gasteiger partial charge in [0.05, 0.1) is 17.1 Å². The summed E-state index contributed by atoms with van der Waals surface area (Å²) in [5.41, 5.74) is 2.87.